The van der Waals surface area contributed by atoms with E-state index in [1.807, 2.05) is 12.1 Å². The molecular weight excluding hydrogens is 506 g/mol. The Morgan fingerprint density at radius 1 is 0.375 bits per heavy atom. The minimum absolute atomic E-state index is 0.735. The highest BCUT2D eigenvalue weighted by Crippen LogP contribution is 2.38. The molecule has 1 nitrogen and oxygen atoms in total. The summed E-state index contributed by atoms with van der Waals surface area (Å²) in [4.78, 5) is 3.70. The van der Waals surface area contributed by atoms with Gasteiger partial charge < -0.3 is 4.98 Å². The van der Waals surface area contributed by atoms with Crippen molar-refractivity contribution in [1.29, 1.82) is 0 Å². The van der Waals surface area contributed by atoms with E-state index in [0.29, 0.717) is 0 Å². The van der Waals surface area contributed by atoms with Crippen LogP contribution in [-0.4, -0.2) is 4.98 Å². The summed E-state index contributed by atoms with van der Waals surface area (Å²) in [5, 5.41) is 1.93. The molecule has 0 spiro atoms. The number of fused-ring (bicyclic) bond motifs is 1. The van der Waals surface area contributed by atoms with E-state index < -0.39 is 0 Å². The minimum atomic E-state index is 0.735. The zero-order chi connectivity index (χ0) is 26.9. The molecule has 7 aromatic rings. The molecule has 0 aliphatic heterocycles. The van der Waals surface area contributed by atoms with Crippen LogP contribution in [0.5, 0.6) is 0 Å². The monoisotopic (exact) mass is 531 g/mol. The fraction of sp³-hybridized carbons (Fsp3) is 0. The Bertz CT molecular complexity index is 1930. The first-order chi connectivity index (χ1) is 19.7. The van der Waals surface area contributed by atoms with Crippen LogP contribution in [0.25, 0.3) is 66.7 Å². The molecule has 1 heterocycles. The van der Waals surface area contributed by atoms with E-state index in [1.165, 1.54) is 49.9 Å². The fourth-order valence-corrected chi connectivity index (χ4v) is 5.56. The number of rotatable bonds is 5. The van der Waals surface area contributed by atoms with Crippen LogP contribution in [0, 0.1) is 0 Å². The van der Waals surface area contributed by atoms with Crippen LogP contribution in [0.1, 0.15) is 0 Å². The number of aromatic amines is 1. The molecule has 1 aromatic heterocycles. The van der Waals surface area contributed by atoms with Gasteiger partial charge in [0.25, 0.3) is 0 Å². The number of benzene rings is 6. The van der Waals surface area contributed by atoms with Crippen LogP contribution in [-0.2, 0) is 0 Å². The normalized spacial score (nSPS) is 11.1. The predicted molar refractivity (Wildman–Crippen MR) is 170 cm³/mol. The Morgan fingerprint density at radius 2 is 0.900 bits per heavy atom. The number of H-pyrrole nitrogens is 1. The lowest BCUT2D eigenvalue weighted by atomic mass is 9.92. The molecule has 0 aliphatic rings. The molecule has 7 rings (SSSR count). The summed E-state index contributed by atoms with van der Waals surface area (Å²) in [7, 11) is 0. The van der Waals surface area contributed by atoms with Gasteiger partial charge in [0, 0.05) is 21.6 Å². The van der Waals surface area contributed by atoms with Gasteiger partial charge in [-0.2, -0.15) is 0 Å². The van der Waals surface area contributed by atoms with E-state index in [2.05, 4.69) is 145 Å². The Balaban J connectivity index is 1.42. The zero-order valence-corrected chi connectivity index (χ0v) is 22.6. The van der Waals surface area contributed by atoms with Gasteiger partial charge in [-0.1, -0.05) is 121 Å². The van der Waals surface area contributed by atoms with Crippen molar-refractivity contribution in [1.82, 2.24) is 4.98 Å². The van der Waals surface area contributed by atoms with E-state index in [4.69, 9.17) is 11.6 Å². The van der Waals surface area contributed by atoms with Crippen molar-refractivity contribution in [3.63, 3.8) is 0 Å². The summed E-state index contributed by atoms with van der Waals surface area (Å²) in [5.74, 6) is 0. The molecule has 2 heteroatoms. The molecule has 40 heavy (non-hydrogen) atoms. The quantitative estimate of drug-likeness (QED) is 0.227. The molecule has 0 atom stereocenters. The zero-order valence-electron chi connectivity index (χ0n) is 21.8. The van der Waals surface area contributed by atoms with Crippen LogP contribution < -0.4 is 0 Å². The molecule has 0 radical (unpaired) electrons. The van der Waals surface area contributed by atoms with Crippen molar-refractivity contribution >= 4 is 22.5 Å². The lowest BCUT2D eigenvalue weighted by Gasteiger charge is -2.12. The molecule has 6 aromatic carbocycles. The maximum Gasteiger partial charge on any atom is 0.0471 e. The molecule has 0 aliphatic carbocycles. The first-order valence-electron chi connectivity index (χ1n) is 13.5. The van der Waals surface area contributed by atoms with Gasteiger partial charge in [0.2, 0.25) is 0 Å². The van der Waals surface area contributed by atoms with Gasteiger partial charge >= 0.3 is 0 Å². The lowest BCUT2D eigenvalue weighted by Crippen LogP contribution is -1.86. The van der Waals surface area contributed by atoms with E-state index >= 15 is 0 Å². The third kappa shape index (κ3) is 4.73. The van der Waals surface area contributed by atoms with Crippen LogP contribution >= 0.6 is 11.6 Å². The average molecular weight is 532 g/mol. The van der Waals surface area contributed by atoms with Gasteiger partial charge in [-0.05, 0) is 92.5 Å². The highest BCUT2D eigenvalue weighted by Gasteiger charge is 2.14. The van der Waals surface area contributed by atoms with E-state index in [1.54, 1.807) is 0 Å². The van der Waals surface area contributed by atoms with Crippen molar-refractivity contribution < 1.29 is 0 Å². The van der Waals surface area contributed by atoms with Crippen LogP contribution in [0.4, 0.5) is 0 Å². The number of halogens is 1. The molecule has 0 fully saturated rings. The minimum Gasteiger partial charge on any atom is -0.354 e. The summed E-state index contributed by atoms with van der Waals surface area (Å²) in [6.07, 6.45) is 0. The molecule has 0 bridgehead atoms. The third-order valence-electron chi connectivity index (χ3n) is 7.48. The second-order valence-electron chi connectivity index (χ2n) is 10.1. The molecule has 0 saturated heterocycles. The van der Waals surface area contributed by atoms with E-state index in [-0.39, 0.29) is 0 Å². The SMILES string of the molecule is Clc1ccc(-c2cc3c(-c4cccc(-c5ccccc5)c4)cc(-c4cccc(-c5ccccc5)c4)cc3[nH]2)cc1. The molecule has 1 N–H and O–H groups in total. The van der Waals surface area contributed by atoms with Gasteiger partial charge in [-0.15, -0.1) is 0 Å². The molecule has 190 valence electrons. The number of nitrogens with one attached hydrogen (secondary N) is 1. The van der Waals surface area contributed by atoms with E-state index in [0.717, 1.165) is 21.8 Å². The number of hydrogen-bond acceptors (Lipinski definition) is 0. The van der Waals surface area contributed by atoms with Gasteiger partial charge in [-0.25, -0.2) is 0 Å². The third-order valence-corrected chi connectivity index (χ3v) is 7.73. The topological polar surface area (TPSA) is 15.8 Å². The van der Waals surface area contributed by atoms with Crippen molar-refractivity contribution in [3.05, 3.63) is 157 Å². The highest BCUT2D eigenvalue weighted by atomic mass is 35.5. The average Bonchev–Trinajstić information content (AvgIpc) is 3.46. The van der Waals surface area contributed by atoms with Crippen LogP contribution in [0.3, 0.4) is 0 Å². The molecule has 0 saturated carbocycles. The first-order valence-corrected chi connectivity index (χ1v) is 13.8. The summed E-state index contributed by atoms with van der Waals surface area (Å²) in [6, 6.07) is 53.6. The Morgan fingerprint density at radius 3 is 1.52 bits per heavy atom. The Hall–Kier alpha value is -4.85. The lowest BCUT2D eigenvalue weighted by molar-refractivity contribution is 1.45. The number of aromatic nitrogens is 1. The largest absolute Gasteiger partial charge is 0.354 e. The van der Waals surface area contributed by atoms with Gasteiger partial charge in [0.05, 0.1) is 0 Å². The maximum atomic E-state index is 6.18. The molecule has 0 amide bonds. The van der Waals surface area contributed by atoms with Gasteiger partial charge in [0.15, 0.2) is 0 Å². The van der Waals surface area contributed by atoms with Crippen LogP contribution in [0.15, 0.2) is 152 Å². The van der Waals surface area contributed by atoms with Crippen molar-refractivity contribution in [2.75, 3.05) is 0 Å². The fourth-order valence-electron chi connectivity index (χ4n) is 5.43. The highest BCUT2D eigenvalue weighted by molar-refractivity contribution is 6.30. The van der Waals surface area contributed by atoms with Crippen molar-refractivity contribution in [3.8, 4) is 55.8 Å². The second-order valence-corrected chi connectivity index (χ2v) is 10.5. The summed E-state index contributed by atoms with van der Waals surface area (Å²) in [6.45, 7) is 0. The van der Waals surface area contributed by atoms with Crippen molar-refractivity contribution in [2.24, 2.45) is 0 Å². The molecule has 0 unspecified atom stereocenters. The van der Waals surface area contributed by atoms with Crippen molar-refractivity contribution in [2.45, 2.75) is 0 Å². The Kier molecular flexibility index (Phi) is 6.28. The summed E-state index contributed by atoms with van der Waals surface area (Å²) in [5.41, 5.74) is 12.9. The van der Waals surface area contributed by atoms with E-state index in [9.17, 15) is 0 Å². The van der Waals surface area contributed by atoms with Gasteiger partial charge in [-0.3, -0.25) is 0 Å². The summed E-state index contributed by atoms with van der Waals surface area (Å²) < 4.78 is 0. The van der Waals surface area contributed by atoms with Gasteiger partial charge in [0.1, 0.15) is 0 Å². The molecular formula is C38H26ClN. The first kappa shape index (κ1) is 24.2. The standard InChI is InChI=1S/C38H26ClN/c39-34-19-17-28(18-20-34)37-25-36-35(32-16-8-14-30(22-32)27-11-5-2-6-12-27)23-33(24-38(36)40-37)31-15-7-13-29(21-31)26-9-3-1-4-10-26/h1-25,40H. The second kappa shape index (κ2) is 10.4. The Labute approximate surface area is 239 Å². The number of hydrogen-bond donors (Lipinski definition) is 1. The smallest absolute Gasteiger partial charge is 0.0471 e. The maximum absolute atomic E-state index is 6.18. The predicted octanol–water partition coefficient (Wildman–Crippen LogP) is 11.2. The van der Waals surface area contributed by atoms with Crippen LogP contribution in [0.2, 0.25) is 5.02 Å². The summed E-state index contributed by atoms with van der Waals surface area (Å²) >= 11 is 6.18.